The van der Waals surface area contributed by atoms with Crippen molar-refractivity contribution in [2.24, 2.45) is 5.92 Å². The average molecular weight is 282 g/mol. The highest BCUT2D eigenvalue weighted by Crippen LogP contribution is 2.19. The van der Waals surface area contributed by atoms with Crippen LogP contribution in [0.1, 0.15) is 46.3 Å². The van der Waals surface area contributed by atoms with Crippen molar-refractivity contribution in [3.63, 3.8) is 0 Å². The third kappa shape index (κ3) is 5.65. The van der Waals surface area contributed by atoms with Gasteiger partial charge in [0, 0.05) is 6.04 Å². The summed E-state index contributed by atoms with van der Waals surface area (Å²) in [6.45, 7) is 8.00. The molecular weight excluding hydrogens is 256 g/mol. The molecule has 1 rings (SSSR count). The molecule has 1 aromatic rings. The molecule has 5 nitrogen and oxygen atoms in total. The van der Waals surface area contributed by atoms with Crippen molar-refractivity contribution in [2.45, 2.75) is 52.2 Å². The minimum Gasteiger partial charge on any atom is -0.466 e. The Labute approximate surface area is 120 Å². The predicted molar refractivity (Wildman–Crippen MR) is 78.3 cm³/mol. The number of amides is 2. The maximum Gasteiger partial charge on any atom is 0.315 e. The zero-order chi connectivity index (χ0) is 15.2. The molecule has 0 saturated heterocycles. The zero-order valence-corrected chi connectivity index (χ0v) is 12.8. The van der Waals surface area contributed by atoms with E-state index < -0.39 is 5.60 Å². The smallest absolute Gasteiger partial charge is 0.315 e. The SMILES string of the molecule is CC(C)CCC(C)NC(=O)NCC(C)(O)c1ccco1. The van der Waals surface area contributed by atoms with E-state index in [1.165, 1.54) is 6.26 Å². The number of aliphatic hydroxyl groups is 1. The third-order valence-electron chi connectivity index (χ3n) is 3.20. The van der Waals surface area contributed by atoms with Crippen LogP contribution in [0, 0.1) is 5.92 Å². The molecule has 2 amide bonds. The van der Waals surface area contributed by atoms with Gasteiger partial charge in [-0.2, -0.15) is 0 Å². The highest BCUT2D eigenvalue weighted by molar-refractivity contribution is 5.74. The lowest BCUT2D eigenvalue weighted by atomic mass is 10.0. The van der Waals surface area contributed by atoms with Gasteiger partial charge in [0.25, 0.3) is 0 Å². The number of furan rings is 1. The highest BCUT2D eigenvalue weighted by Gasteiger charge is 2.26. The number of urea groups is 1. The van der Waals surface area contributed by atoms with Crippen molar-refractivity contribution in [1.29, 1.82) is 0 Å². The molecule has 5 heteroatoms. The van der Waals surface area contributed by atoms with E-state index in [0.717, 1.165) is 12.8 Å². The monoisotopic (exact) mass is 282 g/mol. The topological polar surface area (TPSA) is 74.5 Å². The molecule has 2 unspecified atom stereocenters. The lowest BCUT2D eigenvalue weighted by Gasteiger charge is -2.22. The minimum absolute atomic E-state index is 0.100. The van der Waals surface area contributed by atoms with Crippen molar-refractivity contribution >= 4 is 6.03 Å². The summed E-state index contributed by atoms with van der Waals surface area (Å²) in [4.78, 5) is 11.8. The van der Waals surface area contributed by atoms with Crippen LogP contribution in [0.3, 0.4) is 0 Å². The summed E-state index contributed by atoms with van der Waals surface area (Å²) >= 11 is 0. The van der Waals surface area contributed by atoms with Gasteiger partial charge >= 0.3 is 6.03 Å². The molecule has 0 radical (unpaired) electrons. The fourth-order valence-electron chi connectivity index (χ4n) is 1.85. The molecule has 0 aliphatic heterocycles. The van der Waals surface area contributed by atoms with Crippen LogP contribution in [0.4, 0.5) is 4.79 Å². The van der Waals surface area contributed by atoms with Crippen LogP contribution in [-0.2, 0) is 5.60 Å². The molecular formula is C15H26N2O3. The first-order valence-corrected chi connectivity index (χ1v) is 7.12. The molecule has 2 atom stereocenters. The van der Waals surface area contributed by atoms with Crippen molar-refractivity contribution in [2.75, 3.05) is 6.54 Å². The number of hydrogen-bond donors (Lipinski definition) is 3. The van der Waals surface area contributed by atoms with Crippen molar-refractivity contribution < 1.29 is 14.3 Å². The molecule has 1 aromatic heterocycles. The second-order valence-electron chi connectivity index (χ2n) is 5.95. The number of rotatable bonds is 7. The summed E-state index contributed by atoms with van der Waals surface area (Å²) in [5.41, 5.74) is -1.21. The van der Waals surface area contributed by atoms with Gasteiger partial charge in [-0.25, -0.2) is 4.79 Å². The summed E-state index contributed by atoms with van der Waals surface area (Å²) in [6.07, 6.45) is 3.52. The first kappa shape index (κ1) is 16.6. The number of nitrogens with one attached hydrogen (secondary N) is 2. The van der Waals surface area contributed by atoms with E-state index in [0.29, 0.717) is 11.7 Å². The zero-order valence-electron chi connectivity index (χ0n) is 12.8. The van der Waals surface area contributed by atoms with Gasteiger partial charge in [0.1, 0.15) is 11.4 Å². The molecule has 0 spiro atoms. The minimum atomic E-state index is -1.21. The third-order valence-corrected chi connectivity index (χ3v) is 3.20. The Balaban J connectivity index is 2.32. The number of hydrogen-bond acceptors (Lipinski definition) is 3. The van der Waals surface area contributed by atoms with Gasteiger partial charge in [0.2, 0.25) is 0 Å². The second kappa shape index (κ2) is 7.33. The van der Waals surface area contributed by atoms with Crippen LogP contribution < -0.4 is 10.6 Å². The Morgan fingerprint density at radius 3 is 2.65 bits per heavy atom. The summed E-state index contributed by atoms with van der Waals surface area (Å²) in [5, 5.41) is 15.7. The van der Waals surface area contributed by atoms with Gasteiger partial charge in [-0.15, -0.1) is 0 Å². The summed E-state index contributed by atoms with van der Waals surface area (Å²) in [5.74, 6) is 1.06. The Bertz CT molecular complexity index is 399. The maximum absolute atomic E-state index is 11.8. The maximum atomic E-state index is 11.8. The molecule has 114 valence electrons. The summed E-state index contributed by atoms with van der Waals surface area (Å²) in [7, 11) is 0. The van der Waals surface area contributed by atoms with E-state index in [9.17, 15) is 9.90 Å². The molecule has 1 heterocycles. The normalized spacial score (nSPS) is 15.7. The molecule has 3 N–H and O–H groups in total. The lowest BCUT2D eigenvalue weighted by Crippen LogP contribution is -2.46. The van der Waals surface area contributed by atoms with Crippen LogP contribution in [0.5, 0.6) is 0 Å². The summed E-state index contributed by atoms with van der Waals surface area (Å²) in [6, 6.07) is 3.24. The van der Waals surface area contributed by atoms with E-state index >= 15 is 0 Å². The van der Waals surface area contributed by atoms with Gasteiger partial charge in [-0.05, 0) is 44.7 Å². The molecule has 0 aromatic carbocycles. The Morgan fingerprint density at radius 2 is 2.10 bits per heavy atom. The second-order valence-corrected chi connectivity index (χ2v) is 5.95. The van der Waals surface area contributed by atoms with Crippen molar-refractivity contribution in [3.8, 4) is 0 Å². The van der Waals surface area contributed by atoms with Crippen LogP contribution in [0.25, 0.3) is 0 Å². The highest BCUT2D eigenvalue weighted by atomic mass is 16.4. The van der Waals surface area contributed by atoms with Crippen molar-refractivity contribution in [1.82, 2.24) is 10.6 Å². The van der Waals surface area contributed by atoms with E-state index in [2.05, 4.69) is 24.5 Å². The molecule has 0 aliphatic rings. The fourth-order valence-corrected chi connectivity index (χ4v) is 1.85. The van der Waals surface area contributed by atoms with Crippen LogP contribution in [0.15, 0.2) is 22.8 Å². The van der Waals surface area contributed by atoms with Crippen LogP contribution >= 0.6 is 0 Å². The summed E-state index contributed by atoms with van der Waals surface area (Å²) < 4.78 is 5.15. The van der Waals surface area contributed by atoms with Gasteiger partial charge in [0.15, 0.2) is 0 Å². The molecule has 0 bridgehead atoms. The van der Waals surface area contributed by atoms with Crippen LogP contribution in [-0.4, -0.2) is 23.7 Å². The molecule has 20 heavy (non-hydrogen) atoms. The van der Waals surface area contributed by atoms with Gasteiger partial charge in [-0.3, -0.25) is 0 Å². The molecule has 0 aliphatic carbocycles. The lowest BCUT2D eigenvalue weighted by molar-refractivity contribution is 0.0366. The standard InChI is InChI=1S/C15H26N2O3/c1-11(2)7-8-12(3)17-14(18)16-10-15(4,19)13-6-5-9-20-13/h5-6,9,11-12,19H,7-8,10H2,1-4H3,(H2,16,17,18). The first-order valence-electron chi connectivity index (χ1n) is 7.12. The van der Waals surface area contributed by atoms with E-state index in [-0.39, 0.29) is 18.6 Å². The molecule has 0 saturated carbocycles. The number of carbonyl (C=O) groups excluding carboxylic acids is 1. The van der Waals surface area contributed by atoms with E-state index in [1.807, 2.05) is 6.92 Å². The quantitative estimate of drug-likeness (QED) is 0.719. The largest absolute Gasteiger partial charge is 0.466 e. The number of carbonyl (C=O) groups is 1. The van der Waals surface area contributed by atoms with Crippen molar-refractivity contribution in [3.05, 3.63) is 24.2 Å². The van der Waals surface area contributed by atoms with E-state index in [4.69, 9.17) is 4.42 Å². The van der Waals surface area contributed by atoms with Crippen LogP contribution in [0.2, 0.25) is 0 Å². The van der Waals surface area contributed by atoms with Gasteiger partial charge in [-0.1, -0.05) is 13.8 Å². The van der Waals surface area contributed by atoms with E-state index in [1.54, 1.807) is 19.1 Å². The Kier molecular flexibility index (Phi) is 6.07. The first-order chi connectivity index (χ1) is 9.31. The van der Waals surface area contributed by atoms with Gasteiger partial charge < -0.3 is 20.2 Å². The predicted octanol–water partition coefficient (Wildman–Crippen LogP) is 2.61. The Morgan fingerprint density at radius 1 is 1.40 bits per heavy atom. The molecule has 0 fully saturated rings. The average Bonchev–Trinajstić information content (AvgIpc) is 2.88. The van der Waals surface area contributed by atoms with Gasteiger partial charge in [0.05, 0.1) is 12.8 Å². The fraction of sp³-hybridized carbons (Fsp3) is 0.667. The Hall–Kier alpha value is -1.49.